The Kier molecular flexibility index (Phi) is 9.51. The molecule has 1 fully saturated rings. The first-order valence-electron chi connectivity index (χ1n) is 14.6. The summed E-state index contributed by atoms with van der Waals surface area (Å²) in [4.78, 5) is 27.4. The highest BCUT2D eigenvalue weighted by atomic mass is 32.2. The molecule has 0 radical (unpaired) electrons. The summed E-state index contributed by atoms with van der Waals surface area (Å²) in [6.45, 7) is 17.0. The minimum Gasteiger partial charge on any atom is -0.354 e. The zero-order valence-corrected chi connectivity index (χ0v) is 25.9. The van der Waals surface area contributed by atoms with Crippen LogP contribution in [-0.2, 0) is 25.9 Å². The second kappa shape index (κ2) is 12.7. The maximum absolute atomic E-state index is 13.5. The van der Waals surface area contributed by atoms with Gasteiger partial charge in [-0.2, -0.15) is 0 Å². The quantitative estimate of drug-likeness (QED) is 0.396. The van der Waals surface area contributed by atoms with Gasteiger partial charge in [-0.05, 0) is 71.6 Å². The molecule has 40 heavy (non-hydrogen) atoms. The minimum absolute atomic E-state index is 0.00122. The molecule has 0 spiro atoms. The predicted octanol–water partition coefficient (Wildman–Crippen LogP) is 5.81. The highest BCUT2D eigenvalue weighted by molar-refractivity contribution is 7.98. The molecule has 0 saturated carbocycles. The number of aromatic nitrogens is 5. The van der Waals surface area contributed by atoms with Crippen molar-refractivity contribution >= 4 is 29.5 Å². The van der Waals surface area contributed by atoms with Gasteiger partial charge in [-0.15, -0.1) is 10.2 Å². The zero-order chi connectivity index (χ0) is 29.0. The molecule has 0 aromatic carbocycles. The molecular formula is C30H44N8OS. The smallest absolute Gasteiger partial charge is 0.260 e. The van der Waals surface area contributed by atoms with Gasteiger partial charge >= 0.3 is 0 Å². The summed E-state index contributed by atoms with van der Waals surface area (Å²) in [6.07, 6.45) is 5.19. The summed E-state index contributed by atoms with van der Waals surface area (Å²) >= 11 is 1.38. The van der Waals surface area contributed by atoms with Crippen molar-refractivity contribution in [1.82, 2.24) is 24.7 Å². The molecule has 1 saturated heterocycles. The number of rotatable bonds is 4. The molecule has 3 aromatic heterocycles. The van der Waals surface area contributed by atoms with Crippen LogP contribution in [0.4, 0.5) is 11.6 Å². The van der Waals surface area contributed by atoms with Gasteiger partial charge in [0.15, 0.2) is 5.82 Å². The van der Waals surface area contributed by atoms with Crippen molar-refractivity contribution in [3.63, 3.8) is 0 Å². The Labute approximate surface area is 243 Å². The lowest BCUT2D eigenvalue weighted by atomic mass is 10.1. The number of anilines is 2. The Balaban J connectivity index is 0.000000413. The van der Waals surface area contributed by atoms with Gasteiger partial charge < -0.3 is 9.47 Å². The van der Waals surface area contributed by atoms with E-state index in [9.17, 15) is 4.79 Å². The van der Waals surface area contributed by atoms with Crippen molar-refractivity contribution in [1.29, 1.82) is 0 Å². The fourth-order valence-electron chi connectivity index (χ4n) is 5.29. The number of hydrogen-bond donors (Lipinski definition) is 1. The molecule has 6 rings (SSSR count). The number of aryl methyl sites for hydroxylation is 2. The van der Waals surface area contributed by atoms with Crippen LogP contribution in [0.15, 0.2) is 24.3 Å². The zero-order valence-electron chi connectivity index (χ0n) is 25.1. The summed E-state index contributed by atoms with van der Waals surface area (Å²) in [7, 11) is 0. The van der Waals surface area contributed by atoms with Crippen LogP contribution >= 0.6 is 11.9 Å². The van der Waals surface area contributed by atoms with Crippen molar-refractivity contribution in [3.05, 3.63) is 46.9 Å². The second-order valence-electron chi connectivity index (χ2n) is 11.2. The van der Waals surface area contributed by atoms with E-state index in [1.54, 1.807) is 4.90 Å². The third kappa shape index (κ3) is 6.17. The molecule has 9 nitrogen and oxygen atoms in total. The molecule has 1 atom stereocenters. The van der Waals surface area contributed by atoms with E-state index in [0.717, 1.165) is 72.3 Å². The van der Waals surface area contributed by atoms with Crippen LogP contribution in [0, 0.1) is 0 Å². The van der Waals surface area contributed by atoms with Gasteiger partial charge in [-0.25, -0.2) is 9.97 Å². The summed E-state index contributed by atoms with van der Waals surface area (Å²) in [5.41, 5.74) is 3.57. The summed E-state index contributed by atoms with van der Waals surface area (Å²) in [5, 5.41) is 13.9. The van der Waals surface area contributed by atoms with Crippen LogP contribution in [0.2, 0.25) is 0 Å². The average molecular weight is 565 g/mol. The molecule has 216 valence electrons. The number of pyridine rings is 2. The molecule has 2 N–H and O–H groups in total. The maximum Gasteiger partial charge on any atom is 0.260 e. The van der Waals surface area contributed by atoms with Crippen LogP contribution in [-0.4, -0.2) is 48.0 Å². The molecule has 6 heterocycles. The minimum atomic E-state index is 0.00122. The Bertz CT molecular complexity index is 1330. The van der Waals surface area contributed by atoms with E-state index in [1.807, 2.05) is 38.1 Å². The molecule has 3 aliphatic rings. The van der Waals surface area contributed by atoms with Crippen molar-refractivity contribution in [2.45, 2.75) is 104 Å². The van der Waals surface area contributed by atoms with Crippen LogP contribution < -0.4 is 14.9 Å². The summed E-state index contributed by atoms with van der Waals surface area (Å²) in [6, 6.07) is 8.24. The Morgan fingerprint density at radius 1 is 1.07 bits per heavy atom. The molecule has 3 aromatic rings. The molecule has 0 aliphatic carbocycles. The number of nitrogens with zero attached hydrogens (tertiary/aromatic N) is 7. The average Bonchev–Trinajstić information content (AvgIpc) is 3.74. The summed E-state index contributed by atoms with van der Waals surface area (Å²) in [5.74, 6) is 3.38. The van der Waals surface area contributed by atoms with Crippen molar-refractivity contribution in [3.8, 4) is 11.5 Å². The fraction of sp³-hybridized carbons (Fsp3) is 0.567. The number of carbonyl (C=O) groups excluding carboxylic acids is 1. The molecule has 3 aliphatic heterocycles. The van der Waals surface area contributed by atoms with Gasteiger partial charge in [0.2, 0.25) is 0 Å². The standard InChI is InChI=1S/C24H27N7O.C4H11NS.C2H6/c1-3-18-17-14-31(24(32)16(17)13-22(25-18)29-11-5-7-15(29)2)20-9-4-8-19(26-20)23-28-27-21-10-6-12-30(21)23;1-4(2,3)6-5;1-2/h4,8-9,13,15H,3,5-7,10-12,14H2,1-2H3;5H2,1-3H3;1-2H3. The third-order valence-electron chi connectivity index (χ3n) is 7.37. The summed E-state index contributed by atoms with van der Waals surface area (Å²) < 4.78 is 2.37. The lowest BCUT2D eigenvalue weighted by molar-refractivity contribution is 0.0996. The van der Waals surface area contributed by atoms with Gasteiger partial charge in [0.25, 0.3) is 5.91 Å². The number of amides is 1. The maximum atomic E-state index is 13.5. The number of nitrogens with two attached hydrogens (primary N) is 1. The van der Waals surface area contributed by atoms with E-state index in [1.165, 1.54) is 24.8 Å². The lowest BCUT2D eigenvalue weighted by Gasteiger charge is -2.23. The van der Waals surface area contributed by atoms with E-state index >= 15 is 0 Å². The first-order chi connectivity index (χ1) is 19.2. The number of fused-ring (bicyclic) bond motifs is 2. The SMILES string of the molecule is CC.CC(C)(C)SN.CCc1nc(N2CCCC2C)cc2c1CN(c1cccc(-c3nnc4n3CCC4)n1)C2=O. The molecule has 0 bridgehead atoms. The Morgan fingerprint density at radius 2 is 1.82 bits per heavy atom. The monoisotopic (exact) mass is 564 g/mol. The highest BCUT2D eigenvalue weighted by Crippen LogP contribution is 2.34. The fourth-order valence-corrected chi connectivity index (χ4v) is 5.29. The molecular weight excluding hydrogens is 520 g/mol. The third-order valence-corrected chi connectivity index (χ3v) is 8.08. The van der Waals surface area contributed by atoms with E-state index in [0.29, 0.717) is 18.4 Å². The second-order valence-corrected chi connectivity index (χ2v) is 12.6. The largest absolute Gasteiger partial charge is 0.354 e. The molecule has 1 amide bonds. The number of carbonyl (C=O) groups is 1. The van der Waals surface area contributed by atoms with E-state index in [-0.39, 0.29) is 10.7 Å². The Hall–Kier alpha value is -2.98. The highest BCUT2D eigenvalue weighted by Gasteiger charge is 2.34. The van der Waals surface area contributed by atoms with Crippen molar-refractivity contribution < 1.29 is 4.79 Å². The van der Waals surface area contributed by atoms with Crippen molar-refractivity contribution in [2.75, 3.05) is 16.3 Å². The van der Waals surface area contributed by atoms with Gasteiger partial charge in [-0.1, -0.05) is 38.8 Å². The van der Waals surface area contributed by atoms with Gasteiger partial charge in [-0.3, -0.25) is 14.8 Å². The topological polar surface area (TPSA) is 106 Å². The van der Waals surface area contributed by atoms with Crippen LogP contribution in [0.3, 0.4) is 0 Å². The van der Waals surface area contributed by atoms with E-state index in [2.05, 4.69) is 54.3 Å². The molecule has 1 unspecified atom stereocenters. The van der Waals surface area contributed by atoms with Crippen molar-refractivity contribution in [2.24, 2.45) is 5.14 Å². The first-order valence-corrected chi connectivity index (χ1v) is 15.5. The first kappa shape index (κ1) is 30.0. The van der Waals surface area contributed by atoms with Gasteiger partial charge in [0.05, 0.1) is 12.1 Å². The molecule has 10 heteroatoms. The van der Waals surface area contributed by atoms with E-state index < -0.39 is 0 Å². The van der Waals surface area contributed by atoms with E-state index in [4.69, 9.17) is 15.1 Å². The number of hydrogen-bond acceptors (Lipinski definition) is 8. The van der Waals surface area contributed by atoms with Gasteiger partial charge in [0.1, 0.15) is 23.2 Å². The lowest BCUT2D eigenvalue weighted by Crippen LogP contribution is -2.28. The normalized spacial score (nSPS) is 17.7. The van der Waals surface area contributed by atoms with Crippen LogP contribution in [0.25, 0.3) is 11.5 Å². The Morgan fingerprint density at radius 3 is 2.48 bits per heavy atom. The van der Waals surface area contributed by atoms with Gasteiger partial charge in [0, 0.05) is 41.6 Å². The predicted molar refractivity (Wildman–Crippen MR) is 165 cm³/mol. The van der Waals surface area contributed by atoms with Crippen LogP contribution in [0.1, 0.15) is 95.2 Å². The van der Waals surface area contributed by atoms with Crippen LogP contribution in [0.5, 0.6) is 0 Å².